The molecule has 8 heteroatoms. The second-order valence-electron chi connectivity index (χ2n) is 13.0. The number of hydrogen-bond acceptors (Lipinski definition) is 8. The molecule has 0 aromatic heterocycles. The molecule has 0 atom stereocenters. The topological polar surface area (TPSA) is 37.4 Å². The van der Waals surface area contributed by atoms with Crippen molar-refractivity contribution < 1.29 is 0 Å². The largest absolute Gasteiger partial charge is 0.390 e. The summed E-state index contributed by atoms with van der Waals surface area (Å²) >= 11 is 0. The molecule has 0 bridgehead atoms. The minimum absolute atomic E-state index is 0.798. The van der Waals surface area contributed by atoms with E-state index in [9.17, 15) is 0 Å². The fraction of sp³-hybridized carbons (Fsp3) is 0.419. The second kappa shape index (κ2) is 27.3. The highest BCUT2D eigenvalue weighted by Gasteiger charge is 2.02. The predicted octanol–water partition coefficient (Wildman–Crippen LogP) is 9.19. The molecular weight excluding hydrogens is 665 g/mol. The van der Waals surface area contributed by atoms with Gasteiger partial charge >= 0.3 is 0 Å². The number of rotatable bonds is 26. The molecule has 0 aliphatic carbocycles. The Kier molecular flexibility index (Phi) is 23.4. The minimum Gasteiger partial charge on any atom is -0.390 e. The molecule has 1 N–H and O–H groups in total. The normalized spacial score (nSPS) is 12.8. The van der Waals surface area contributed by atoms with E-state index in [1.165, 1.54) is 28.1 Å². The molecule has 6 nitrogen and oxygen atoms in total. The van der Waals surface area contributed by atoms with Gasteiger partial charge in [0.15, 0.2) is 0 Å². The van der Waals surface area contributed by atoms with E-state index in [2.05, 4.69) is 177 Å². The van der Waals surface area contributed by atoms with Crippen molar-refractivity contribution in [3.8, 4) is 0 Å². The zero-order chi connectivity index (χ0) is 37.1. The van der Waals surface area contributed by atoms with Crippen molar-refractivity contribution in [2.45, 2.75) is 26.2 Å². The van der Waals surface area contributed by atoms with Crippen molar-refractivity contribution >= 4 is 51.3 Å². The number of nitrogens with zero attached hydrogens (tertiary/aromatic N) is 5. The average Bonchev–Trinajstić information content (AvgIpc) is 3.12. The Hall–Kier alpha value is -3.43. The van der Waals surface area contributed by atoms with E-state index in [1.807, 2.05) is 40.0 Å². The second-order valence-corrected chi connectivity index (χ2v) is 15.7. The third kappa shape index (κ3) is 20.9. The summed E-state index contributed by atoms with van der Waals surface area (Å²) in [5, 5.41) is 3.43. The van der Waals surface area contributed by atoms with Crippen molar-refractivity contribution in [3.63, 3.8) is 0 Å². The van der Waals surface area contributed by atoms with Gasteiger partial charge in [0.1, 0.15) is 0 Å². The van der Waals surface area contributed by atoms with Gasteiger partial charge in [0.05, 0.1) is 0 Å². The summed E-state index contributed by atoms with van der Waals surface area (Å²) in [5.74, 6) is 2.03. The lowest BCUT2D eigenvalue weighted by Crippen LogP contribution is -2.23. The van der Waals surface area contributed by atoms with Crippen LogP contribution in [0.25, 0.3) is 12.2 Å². The molecule has 0 aliphatic heterocycles. The van der Waals surface area contributed by atoms with E-state index in [0.717, 1.165) is 75.6 Å². The quantitative estimate of drug-likeness (QED) is 0.0448. The third-order valence-electron chi connectivity index (χ3n) is 7.96. The van der Waals surface area contributed by atoms with E-state index >= 15 is 0 Å². The molecule has 0 radical (unpaired) electrons. The molecule has 0 unspecified atom stereocenters. The van der Waals surface area contributed by atoms with Crippen molar-refractivity contribution in [2.75, 3.05) is 103 Å². The van der Waals surface area contributed by atoms with E-state index in [1.54, 1.807) is 0 Å². The molecule has 2 rings (SSSR count). The van der Waals surface area contributed by atoms with Gasteiger partial charge in [-0.05, 0) is 125 Å². The summed E-state index contributed by atoms with van der Waals surface area (Å²) in [5.41, 5.74) is 7.14. The lowest BCUT2D eigenvalue weighted by Gasteiger charge is -2.20. The van der Waals surface area contributed by atoms with Gasteiger partial charge in [0.2, 0.25) is 0 Å². The zero-order valence-electron chi connectivity index (χ0n) is 32.4. The predicted molar refractivity (Wildman–Crippen MR) is 236 cm³/mol. The Morgan fingerprint density at radius 1 is 0.706 bits per heavy atom. The number of aliphatic imine (C=N–C) groups is 1. The van der Waals surface area contributed by atoms with Gasteiger partial charge in [-0.3, -0.25) is 4.99 Å². The maximum absolute atomic E-state index is 4.56. The fourth-order valence-electron chi connectivity index (χ4n) is 4.95. The Morgan fingerprint density at radius 3 is 1.75 bits per heavy atom. The number of allylic oxidation sites excluding steroid dienone is 8. The average molecular weight is 729 g/mol. The lowest BCUT2D eigenvalue weighted by molar-refractivity contribution is 0.401. The van der Waals surface area contributed by atoms with Crippen LogP contribution in [0, 0.1) is 0 Å². The van der Waals surface area contributed by atoms with Crippen LogP contribution in [0.2, 0.25) is 0 Å². The van der Waals surface area contributed by atoms with Gasteiger partial charge < -0.3 is 24.9 Å². The minimum atomic E-state index is 0.798. The Morgan fingerprint density at radius 2 is 1.24 bits per heavy atom. The van der Waals surface area contributed by atoms with Crippen LogP contribution in [0.15, 0.2) is 114 Å². The van der Waals surface area contributed by atoms with Crippen molar-refractivity contribution in [1.82, 2.24) is 15.1 Å². The maximum Gasteiger partial charge on any atom is 0.0488 e. The molecule has 2 aromatic rings. The molecule has 0 aliphatic rings. The summed E-state index contributed by atoms with van der Waals surface area (Å²) in [6, 6.07) is 17.5. The highest BCUT2D eigenvalue weighted by Crippen LogP contribution is 2.20. The Labute approximate surface area is 319 Å². The summed E-state index contributed by atoms with van der Waals surface area (Å²) in [4.78, 5) is 13.7. The first-order valence-electron chi connectivity index (χ1n) is 18.2. The van der Waals surface area contributed by atoms with Crippen LogP contribution in [-0.2, 0) is 0 Å². The zero-order valence-corrected chi connectivity index (χ0v) is 34.1. The summed E-state index contributed by atoms with van der Waals surface area (Å²) in [6.07, 6.45) is 24.2. The molecule has 51 heavy (non-hydrogen) atoms. The summed E-state index contributed by atoms with van der Waals surface area (Å²) < 4.78 is 0. The van der Waals surface area contributed by atoms with Crippen molar-refractivity contribution in [3.05, 3.63) is 120 Å². The Bertz CT molecular complexity index is 1400. The van der Waals surface area contributed by atoms with Gasteiger partial charge in [-0.1, -0.05) is 95.8 Å². The number of anilines is 2. The molecule has 0 saturated heterocycles. The Balaban J connectivity index is 1.64. The molecular formula is C43H64N6S2. The first kappa shape index (κ1) is 43.7. The van der Waals surface area contributed by atoms with Crippen molar-refractivity contribution in [1.29, 1.82) is 0 Å². The van der Waals surface area contributed by atoms with Crippen LogP contribution in [0.1, 0.15) is 37.3 Å². The van der Waals surface area contributed by atoms with Crippen molar-refractivity contribution in [2.24, 2.45) is 4.99 Å². The van der Waals surface area contributed by atoms with Crippen LogP contribution >= 0.6 is 21.6 Å². The molecule has 0 fully saturated rings. The molecule has 0 heterocycles. The van der Waals surface area contributed by atoms with Crippen LogP contribution < -0.4 is 15.1 Å². The highest BCUT2D eigenvalue weighted by atomic mass is 33.1. The van der Waals surface area contributed by atoms with Crippen LogP contribution in [0.5, 0.6) is 0 Å². The van der Waals surface area contributed by atoms with E-state index in [0.29, 0.717) is 0 Å². The van der Waals surface area contributed by atoms with E-state index in [4.69, 9.17) is 0 Å². The maximum atomic E-state index is 4.56. The first-order valence-corrected chi connectivity index (χ1v) is 20.7. The van der Waals surface area contributed by atoms with Gasteiger partial charge in [-0.25, -0.2) is 0 Å². The van der Waals surface area contributed by atoms with E-state index in [-0.39, 0.29) is 0 Å². The fourth-order valence-corrected chi connectivity index (χ4v) is 6.75. The SMILES string of the molecule is C=CC(/C=C/c1ccc(N(C)CCCN(C)C)cc1)=C\C=N\CCSSCCN\C=C/C(=C\CC)/C=C/c1ccc(N(C)CCCN(C)C)cc1. The smallest absolute Gasteiger partial charge is 0.0488 e. The molecule has 0 spiro atoms. The van der Waals surface area contributed by atoms with Crippen LogP contribution in [0.4, 0.5) is 11.4 Å². The van der Waals surface area contributed by atoms with Gasteiger partial charge in [0, 0.05) is 69.4 Å². The highest BCUT2D eigenvalue weighted by molar-refractivity contribution is 8.76. The lowest BCUT2D eigenvalue weighted by atomic mass is 10.1. The van der Waals surface area contributed by atoms with Gasteiger partial charge in [0.25, 0.3) is 0 Å². The van der Waals surface area contributed by atoms with Crippen LogP contribution in [-0.4, -0.2) is 109 Å². The number of hydrogen-bond donors (Lipinski definition) is 1. The molecule has 2 aromatic carbocycles. The molecule has 278 valence electrons. The van der Waals surface area contributed by atoms with Crippen LogP contribution in [0.3, 0.4) is 0 Å². The monoisotopic (exact) mass is 728 g/mol. The first-order chi connectivity index (χ1) is 24.7. The molecule has 0 amide bonds. The molecule has 0 saturated carbocycles. The summed E-state index contributed by atoms with van der Waals surface area (Å²) in [7, 11) is 16.6. The number of benzene rings is 2. The van der Waals surface area contributed by atoms with Gasteiger partial charge in [-0.2, -0.15) is 0 Å². The summed E-state index contributed by atoms with van der Waals surface area (Å²) in [6.45, 7) is 12.2. The third-order valence-corrected chi connectivity index (χ3v) is 10.3. The van der Waals surface area contributed by atoms with E-state index < -0.39 is 0 Å². The number of nitrogens with one attached hydrogen (secondary N) is 1. The standard InChI is InChI=1S/C43H64N6S2/c1-9-13-39(16-17-41-20-24-43(25-21-41)49(8)35-12-33-47(5)6)27-29-45-31-37-51-50-36-30-44-28-26-38(10-2)14-15-40-18-22-42(23-19-40)48(7)34-11-32-46(3)4/h10,13-29,45H,2,9,11-12,30-37H2,1,3-8H3/b15-14+,17-16+,29-27-,38-26+,39-13-,44-28+. The van der Waals surface area contributed by atoms with Gasteiger partial charge in [-0.15, -0.1) is 0 Å².